The summed E-state index contributed by atoms with van der Waals surface area (Å²) in [6.07, 6.45) is 5.93. The Bertz CT molecular complexity index is 796. The van der Waals surface area contributed by atoms with E-state index in [0.29, 0.717) is 29.0 Å². The minimum atomic E-state index is 0.447. The minimum absolute atomic E-state index is 0.447. The molecule has 1 saturated carbocycles. The molecular formula is C20H25N5OS. The fraction of sp³-hybridized carbons (Fsp3) is 0.450. The van der Waals surface area contributed by atoms with Gasteiger partial charge in [0, 0.05) is 24.7 Å². The lowest BCUT2D eigenvalue weighted by Crippen LogP contribution is -2.38. The lowest BCUT2D eigenvalue weighted by molar-refractivity contribution is 0.457. The lowest BCUT2D eigenvalue weighted by Gasteiger charge is -2.34. The van der Waals surface area contributed by atoms with Crippen molar-refractivity contribution in [3.8, 4) is 11.6 Å². The van der Waals surface area contributed by atoms with Crippen LogP contribution in [0.3, 0.4) is 0 Å². The highest BCUT2D eigenvalue weighted by atomic mass is 32.1. The number of rotatable bonds is 5. The van der Waals surface area contributed by atoms with Crippen LogP contribution in [0.25, 0.3) is 0 Å². The number of ether oxygens (including phenoxy) is 1. The quantitative estimate of drug-likeness (QED) is 0.754. The molecule has 1 aliphatic heterocycles. The van der Waals surface area contributed by atoms with Crippen molar-refractivity contribution in [2.24, 2.45) is 0 Å². The molecule has 142 valence electrons. The predicted molar refractivity (Wildman–Crippen MR) is 112 cm³/mol. The van der Waals surface area contributed by atoms with E-state index in [1.807, 2.05) is 36.4 Å². The summed E-state index contributed by atoms with van der Waals surface area (Å²) in [7, 11) is 0. The molecule has 2 aromatic rings. The van der Waals surface area contributed by atoms with Crippen LogP contribution in [0.1, 0.15) is 39.0 Å². The van der Waals surface area contributed by atoms with Crippen LogP contribution in [0.2, 0.25) is 0 Å². The van der Waals surface area contributed by atoms with E-state index in [4.69, 9.17) is 21.9 Å². The van der Waals surface area contributed by atoms with Crippen LogP contribution >= 0.6 is 12.2 Å². The monoisotopic (exact) mass is 383 g/mol. The fourth-order valence-electron chi connectivity index (χ4n) is 3.27. The molecule has 0 amide bonds. The van der Waals surface area contributed by atoms with Crippen molar-refractivity contribution in [3.05, 3.63) is 36.4 Å². The molecule has 2 heterocycles. The second-order valence-corrected chi connectivity index (χ2v) is 7.62. The molecule has 7 heteroatoms. The maximum Gasteiger partial charge on any atom is 0.234 e. The van der Waals surface area contributed by atoms with Crippen LogP contribution in [0.15, 0.2) is 36.4 Å². The number of anilines is 2. The maximum absolute atomic E-state index is 5.98. The average molecular weight is 384 g/mol. The van der Waals surface area contributed by atoms with E-state index in [1.165, 1.54) is 19.3 Å². The van der Waals surface area contributed by atoms with Gasteiger partial charge in [-0.15, -0.1) is 0 Å². The smallest absolute Gasteiger partial charge is 0.234 e. The number of nitrogens with one attached hydrogen (secondary N) is 2. The molecule has 27 heavy (non-hydrogen) atoms. The minimum Gasteiger partial charge on any atom is -0.439 e. The standard InChI is InChI=1S/C20H25N5OS/c1-14-7-5-6-12-25(14)17-13-18(26-16-8-3-2-4-9-16)23-19(22-17)24-20(27)21-15-10-11-15/h2-4,8-9,13-15H,5-7,10-12H2,1H3,(H2,21,22,23,24,27)/t14-/m1/s1. The van der Waals surface area contributed by atoms with Gasteiger partial charge in [0.05, 0.1) is 0 Å². The van der Waals surface area contributed by atoms with E-state index in [0.717, 1.165) is 31.0 Å². The molecule has 2 N–H and O–H groups in total. The Balaban J connectivity index is 1.59. The Morgan fingerprint density at radius 2 is 1.96 bits per heavy atom. The third kappa shape index (κ3) is 4.86. The summed E-state index contributed by atoms with van der Waals surface area (Å²) in [5.74, 6) is 2.60. The SMILES string of the molecule is C[C@@H]1CCCCN1c1cc(Oc2ccccc2)nc(NC(=S)NC2CC2)n1. The summed E-state index contributed by atoms with van der Waals surface area (Å²) in [4.78, 5) is 11.6. The number of piperidine rings is 1. The summed E-state index contributed by atoms with van der Waals surface area (Å²) in [5.41, 5.74) is 0. The van der Waals surface area contributed by atoms with Gasteiger partial charge in [0.1, 0.15) is 11.6 Å². The summed E-state index contributed by atoms with van der Waals surface area (Å²) >= 11 is 5.39. The van der Waals surface area contributed by atoms with Crippen LogP contribution in [-0.2, 0) is 0 Å². The first-order valence-electron chi connectivity index (χ1n) is 9.63. The number of hydrogen-bond donors (Lipinski definition) is 2. The van der Waals surface area contributed by atoms with Crippen molar-refractivity contribution >= 4 is 29.1 Å². The first kappa shape index (κ1) is 18.0. The molecule has 1 atom stereocenters. The van der Waals surface area contributed by atoms with Crippen LogP contribution in [0.5, 0.6) is 11.6 Å². The second-order valence-electron chi connectivity index (χ2n) is 7.21. The van der Waals surface area contributed by atoms with Crippen molar-refractivity contribution < 1.29 is 4.74 Å². The van der Waals surface area contributed by atoms with Crippen LogP contribution in [0, 0.1) is 0 Å². The normalized spacial score (nSPS) is 19.4. The van der Waals surface area contributed by atoms with Gasteiger partial charge in [-0.05, 0) is 63.4 Å². The molecule has 0 spiro atoms. The van der Waals surface area contributed by atoms with E-state index in [1.54, 1.807) is 0 Å². The van der Waals surface area contributed by atoms with Crippen LogP contribution in [0.4, 0.5) is 11.8 Å². The lowest BCUT2D eigenvalue weighted by atomic mass is 10.0. The van der Waals surface area contributed by atoms with Gasteiger partial charge < -0.3 is 20.3 Å². The highest BCUT2D eigenvalue weighted by Crippen LogP contribution is 2.29. The van der Waals surface area contributed by atoms with Gasteiger partial charge in [-0.25, -0.2) is 0 Å². The van der Waals surface area contributed by atoms with E-state index < -0.39 is 0 Å². The van der Waals surface area contributed by atoms with E-state index in [-0.39, 0.29) is 0 Å². The van der Waals surface area contributed by atoms with Gasteiger partial charge in [0.15, 0.2) is 5.11 Å². The highest BCUT2D eigenvalue weighted by Gasteiger charge is 2.24. The molecule has 0 radical (unpaired) electrons. The van der Waals surface area contributed by atoms with Crippen LogP contribution < -0.4 is 20.3 Å². The molecule has 1 saturated heterocycles. The molecule has 0 bridgehead atoms. The van der Waals surface area contributed by atoms with Gasteiger partial charge in [-0.1, -0.05) is 18.2 Å². The van der Waals surface area contributed by atoms with Gasteiger partial charge in [-0.3, -0.25) is 0 Å². The Kier molecular flexibility index (Phi) is 5.38. The van der Waals surface area contributed by atoms with E-state index in [9.17, 15) is 0 Å². The number of thiocarbonyl (C=S) groups is 1. The van der Waals surface area contributed by atoms with Crippen molar-refractivity contribution in [1.82, 2.24) is 15.3 Å². The van der Waals surface area contributed by atoms with Crippen molar-refractivity contribution in [1.29, 1.82) is 0 Å². The average Bonchev–Trinajstić information content (AvgIpc) is 3.46. The Labute approximate surface area is 165 Å². The molecule has 2 fully saturated rings. The fourth-order valence-corrected chi connectivity index (χ4v) is 3.52. The molecule has 1 aliphatic carbocycles. The van der Waals surface area contributed by atoms with Crippen molar-refractivity contribution in [2.45, 2.75) is 51.1 Å². The summed E-state index contributed by atoms with van der Waals surface area (Å²) < 4.78 is 5.98. The first-order valence-corrected chi connectivity index (χ1v) is 10.0. The van der Waals surface area contributed by atoms with Crippen molar-refractivity contribution in [3.63, 3.8) is 0 Å². The topological polar surface area (TPSA) is 62.3 Å². The maximum atomic E-state index is 5.98. The Morgan fingerprint density at radius 3 is 2.70 bits per heavy atom. The number of hydrogen-bond acceptors (Lipinski definition) is 5. The Morgan fingerprint density at radius 1 is 1.15 bits per heavy atom. The number of nitrogens with zero attached hydrogens (tertiary/aromatic N) is 3. The molecular weight excluding hydrogens is 358 g/mol. The van der Waals surface area contributed by atoms with Gasteiger partial charge in [0.2, 0.25) is 11.8 Å². The zero-order valence-corrected chi connectivity index (χ0v) is 16.3. The summed E-state index contributed by atoms with van der Waals surface area (Å²) in [5, 5.41) is 6.95. The summed E-state index contributed by atoms with van der Waals surface area (Å²) in [6, 6.07) is 12.5. The molecule has 2 aliphatic rings. The van der Waals surface area contributed by atoms with Crippen LogP contribution in [-0.4, -0.2) is 33.7 Å². The molecule has 4 rings (SSSR count). The van der Waals surface area contributed by atoms with Gasteiger partial charge in [-0.2, -0.15) is 9.97 Å². The molecule has 6 nitrogen and oxygen atoms in total. The molecule has 1 aromatic heterocycles. The molecule has 1 aromatic carbocycles. The second kappa shape index (κ2) is 8.08. The largest absolute Gasteiger partial charge is 0.439 e. The Hall–Kier alpha value is -2.41. The van der Waals surface area contributed by atoms with Gasteiger partial charge >= 0.3 is 0 Å². The van der Waals surface area contributed by atoms with E-state index in [2.05, 4.69) is 27.4 Å². The summed E-state index contributed by atoms with van der Waals surface area (Å²) in [6.45, 7) is 3.23. The highest BCUT2D eigenvalue weighted by molar-refractivity contribution is 7.80. The molecule has 0 unspecified atom stereocenters. The predicted octanol–water partition coefficient (Wildman–Crippen LogP) is 4.10. The number of benzene rings is 1. The van der Waals surface area contributed by atoms with Gasteiger partial charge in [0.25, 0.3) is 0 Å². The van der Waals surface area contributed by atoms with Crippen molar-refractivity contribution in [2.75, 3.05) is 16.8 Å². The third-order valence-corrected chi connectivity index (χ3v) is 5.11. The number of para-hydroxylation sites is 1. The third-order valence-electron chi connectivity index (χ3n) is 4.89. The van der Waals surface area contributed by atoms with E-state index >= 15 is 0 Å². The zero-order chi connectivity index (χ0) is 18.6. The zero-order valence-electron chi connectivity index (χ0n) is 15.5. The number of aromatic nitrogens is 2. The first-order chi connectivity index (χ1) is 13.2.